The van der Waals surface area contributed by atoms with Crippen LogP contribution in [0.15, 0.2) is 28.7 Å². The highest BCUT2D eigenvalue weighted by molar-refractivity contribution is 9.10. The number of hydrogen-bond donors (Lipinski definition) is 1. The fraction of sp³-hybridized carbons (Fsp3) is 0.300. The highest BCUT2D eigenvalue weighted by Crippen LogP contribution is 2.22. The van der Waals surface area contributed by atoms with Crippen molar-refractivity contribution in [2.45, 2.75) is 18.2 Å². The van der Waals surface area contributed by atoms with Crippen LogP contribution in [0.3, 0.4) is 0 Å². The summed E-state index contributed by atoms with van der Waals surface area (Å²) in [7, 11) is 0. The van der Waals surface area contributed by atoms with Gasteiger partial charge in [0.2, 0.25) is 5.91 Å². The summed E-state index contributed by atoms with van der Waals surface area (Å²) in [6, 6.07) is 7.54. The van der Waals surface area contributed by atoms with Crippen LogP contribution >= 0.6 is 31.9 Å². The molecule has 1 aromatic rings. The minimum Gasteiger partial charge on any atom is -0.324 e. The zero-order chi connectivity index (χ0) is 10.6. The van der Waals surface area contributed by atoms with Crippen molar-refractivity contribution in [2.24, 2.45) is 0 Å². The van der Waals surface area contributed by atoms with Crippen molar-refractivity contribution in [2.75, 3.05) is 5.32 Å². The van der Waals surface area contributed by atoms with Gasteiger partial charge >= 0.3 is 0 Å². The van der Waals surface area contributed by atoms with Crippen molar-refractivity contribution in [3.8, 4) is 0 Å². The largest absolute Gasteiger partial charge is 0.324 e. The van der Waals surface area contributed by atoms with Gasteiger partial charge in [-0.05, 0) is 34.5 Å². The second-order valence-electron chi connectivity index (χ2n) is 2.84. The Bertz CT molecular complexity index is 328. The van der Waals surface area contributed by atoms with Crippen LogP contribution in [-0.2, 0) is 4.79 Å². The van der Waals surface area contributed by atoms with Crippen molar-refractivity contribution >= 4 is 43.5 Å². The Hall–Kier alpha value is -0.350. The summed E-state index contributed by atoms with van der Waals surface area (Å²) < 4.78 is 0.893. The second-order valence-corrected chi connectivity index (χ2v) is 4.80. The van der Waals surface area contributed by atoms with Crippen LogP contribution < -0.4 is 5.32 Å². The third-order valence-electron chi connectivity index (χ3n) is 1.77. The Morgan fingerprint density at radius 2 is 2.14 bits per heavy atom. The zero-order valence-electron chi connectivity index (χ0n) is 7.76. The predicted octanol–water partition coefficient (Wildman–Crippen LogP) is 3.56. The summed E-state index contributed by atoms with van der Waals surface area (Å²) in [6.45, 7) is 1.96. The van der Waals surface area contributed by atoms with Gasteiger partial charge in [-0.2, -0.15) is 0 Å². The van der Waals surface area contributed by atoms with Crippen molar-refractivity contribution in [3.63, 3.8) is 0 Å². The Balaban J connectivity index is 2.70. The Labute approximate surface area is 100 Å². The first kappa shape index (κ1) is 11.7. The Kier molecular flexibility index (Phi) is 4.62. The van der Waals surface area contributed by atoms with E-state index < -0.39 is 0 Å². The topological polar surface area (TPSA) is 29.1 Å². The van der Waals surface area contributed by atoms with E-state index in [4.69, 9.17) is 0 Å². The van der Waals surface area contributed by atoms with Crippen molar-refractivity contribution in [1.29, 1.82) is 0 Å². The van der Waals surface area contributed by atoms with E-state index in [2.05, 4.69) is 37.2 Å². The molecule has 4 heteroatoms. The first-order valence-corrected chi connectivity index (χ1v) is 6.05. The lowest BCUT2D eigenvalue weighted by molar-refractivity contribution is -0.115. The normalized spacial score (nSPS) is 12.2. The minimum atomic E-state index is -0.130. The fourth-order valence-electron chi connectivity index (χ4n) is 0.959. The van der Waals surface area contributed by atoms with E-state index in [1.165, 1.54) is 0 Å². The van der Waals surface area contributed by atoms with Crippen LogP contribution in [0.4, 0.5) is 5.69 Å². The molecule has 0 aliphatic heterocycles. The van der Waals surface area contributed by atoms with E-state index in [-0.39, 0.29) is 10.7 Å². The molecule has 0 spiro atoms. The zero-order valence-corrected chi connectivity index (χ0v) is 10.9. The fourth-order valence-corrected chi connectivity index (χ4v) is 1.46. The molecule has 2 nitrogen and oxygen atoms in total. The molecular formula is C10H11Br2NO. The lowest BCUT2D eigenvalue weighted by Gasteiger charge is -2.09. The Morgan fingerprint density at radius 3 is 2.71 bits per heavy atom. The van der Waals surface area contributed by atoms with E-state index in [1.807, 2.05) is 31.2 Å². The van der Waals surface area contributed by atoms with Crippen LogP contribution in [0.1, 0.15) is 13.3 Å². The lowest BCUT2D eigenvalue weighted by Crippen LogP contribution is -2.22. The van der Waals surface area contributed by atoms with E-state index in [1.54, 1.807) is 0 Å². The van der Waals surface area contributed by atoms with Gasteiger partial charge in [-0.1, -0.05) is 35.0 Å². The van der Waals surface area contributed by atoms with Gasteiger partial charge in [-0.25, -0.2) is 0 Å². The van der Waals surface area contributed by atoms with E-state index in [9.17, 15) is 4.79 Å². The molecule has 1 N–H and O–H groups in total. The van der Waals surface area contributed by atoms with Crippen molar-refractivity contribution in [1.82, 2.24) is 0 Å². The maximum absolute atomic E-state index is 11.5. The van der Waals surface area contributed by atoms with Crippen LogP contribution in [0.2, 0.25) is 0 Å². The van der Waals surface area contributed by atoms with Gasteiger partial charge in [0.25, 0.3) is 0 Å². The molecule has 14 heavy (non-hydrogen) atoms. The second kappa shape index (κ2) is 5.51. The number of alkyl halides is 1. The summed E-state index contributed by atoms with van der Waals surface area (Å²) in [5.41, 5.74) is 0.801. The molecular weight excluding hydrogens is 310 g/mol. The number of halogens is 2. The van der Waals surface area contributed by atoms with Gasteiger partial charge in [0, 0.05) is 4.47 Å². The highest BCUT2D eigenvalue weighted by atomic mass is 79.9. The maximum atomic E-state index is 11.5. The first-order valence-electron chi connectivity index (χ1n) is 4.34. The molecule has 0 aromatic heterocycles. The summed E-state index contributed by atoms with van der Waals surface area (Å²) in [6.07, 6.45) is 0.774. The summed E-state index contributed by atoms with van der Waals surface area (Å²) in [4.78, 5) is 11.4. The molecule has 0 saturated heterocycles. The predicted molar refractivity (Wildman–Crippen MR) is 65.8 cm³/mol. The molecule has 0 fully saturated rings. The average Bonchev–Trinajstić information content (AvgIpc) is 2.20. The molecule has 0 saturated carbocycles. The number of para-hydroxylation sites is 1. The van der Waals surface area contributed by atoms with Gasteiger partial charge in [-0.3, -0.25) is 4.79 Å². The van der Waals surface area contributed by atoms with Gasteiger partial charge in [0.1, 0.15) is 0 Å². The molecule has 76 valence electrons. The van der Waals surface area contributed by atoms with Gasteiger partial charge in [0.15, 0.2) is 0 Å². The molecule has 1 aromatic carbocycles. The highest BCUT2D eigenvalue weighted by Gasteiger charge is 2.12. The van der Waals surface area contributed by atoms with Crippen molar-refractivity contribution < 1.29 is 4.79 Å². The Morgan fingerprint density at radius 1 is 1.50 bits per heavy atom. The number of anilines is 1. The molecule has 1 amide bonds. The minimum absolute atomic E-state index is 0.0144. The molecule has 1 atom stereocenters. The third kappa shape index (κ3) is 3.10. The summed E-state index contributed by atoms with van der Waals surface area (Å²) >= 11 is 6.66. The molecule has 0 aliphatic rings. The number of carbonyl (C=O) groups is 1. The van der Waals surface area contributed by atoms with Crippen molar-refractivity contribution in [3.05, 3.63) is 28.7 Å². The molecule has 0 radical (unpaired) electrons. The van der Waals surface area contributed by atoms with Crippen LogP contribution in [0.5, 0.6) is 0 Å². The number of nitrogens with one attached hydrogen (secondary N) is 1. The molecule has 1 unspecified atom stereocenters. The van der Waals surface area contributed by atoms with Gasteiger partial charge < -0.3 is 5.32 Å². The number of rotatable bonds is 3. The van der Waals surface area contributed by atoms with E-state index in [0.717, 1.165) is 16.6 Å². The molecule has 0 heterocycles. The third-order valence-corrected chi connectivity index (χ3v) is 3.53. The van der Waals surface area contributed by atoms with E-state index >= 15 is 0 Å². The quantitative estimate of drug-likeness (QED) is 0.848. The lowest BCUT2D eigenvalue weighted by atomic mass is 10.3. The van der Waals surface area contributed by atoms with Gasteiger partial charge in [0.05, 0.1) is 10.5 Å². The number of hydrogen-bond acceptors (Lipinski definition) is 1. The number of benzene rings is 1. The number of carbonyl (C=O) groups excluding carboxylic acids is 1. The summed E-state index contributed by atoms with van der Waals surface area (Å²) in [5, 5.41) is 2.83. The first-order chi connectivity index (χ1) is 6.65. The monoisotopic (exact) mass is 319 g/mol. The number of amides is 1. The smallest absolute Gasteiger partial charge is 0.238 e. The maximum Gasteiger partial charge on any atom is 0.238 e. The van der Waals surface area contributed by atoms with Crippen LogP contribution in [-0.4, -0.2) is 10.7 Å². The summed E-state index contributed by atoms with van der Waals surface area (Å²) in [5.74, 6) is -0.0144. The molecule has 0 aliphatic carbocycles. The SMILES string of the molecule is CCC(Br)C(=O)Nc1ccccc1Br. The van der Waals surface area contributed by atoms with Crippen LogP contribution in [0.25, 0.3) is 0 Å². The molecule has 1 rings (SSSR count). The van der Waals surface area contributed by atoms with Crippen LogP contribution in [0, 0.1) is 0 Å². The van der Waals surface area contributed by atoms with E-state index in [0.29, 0.717) is 0 Å². The standard InChI is InChI=1S/C10H11Br2NO/c1-2-7(11)10(14)13-9-6-4-3-5-8(9)12/h3-7H,2H2,1H3,(H,13,14). The van der Waals surface area contributed by atoms with Gasteiger partial charge in [-0.15, -0.1) is 0 Å². The molecule has 0 bridgehead atoms. The average molecular weight is 321 g/mol.